The first-order valence-corrected chi connectivity index (χ1v) is 10.3. The van der Waals surface area contributed by atoms with Crippen molar-refractivity contribution in [2.24, 2.45) is 0 Å². The molecule has 0 saturated carbocycles. The number of benzene rings is 1. The Kier molecular flexibility index (Phi) is 7.65. The van der Waals surface area contributed by atoms with E-state index in [1.807, 2.05) is 0 Å². The van der Waals surface area contributed by atoms with E-state index in [9.17, 15) is 18.0 Å². The van der Waals surface area contributed by atoms with Crippen LogP contribution in [0.1, 0.15) is 40.2 Å². The normalized spacial score (nSPS) is 13.0. The molecule has 1 atom stereocenters. The first kappa shape index (κ1) is 22.8. The molecule has 0 aliphatic rings. The maximum atomic E-state index is 12.3. The van der Waals surface area contributed by atoms with E-state index in [-0.39, 0.29) is 18.3 Å². The number of esters is 1. The summed E-state index contributed by atoms with van der Waals surface area (Å²) in [6.45, 7) is 8.57. The van der Waals surface area contributed by atoms with Crippen molar-refractivity contribution in [3.05, 3.63) is 29.8 Å². The smallest absolute Gasteiger partial charge is 0.408 e. The molecule has 0 bridgehead atoms. The van der Waals surface area contributed by atoms with Crippen LogP contribution in [0.3, 0.4) is 0 Å². The third-order valence-electron chi connectivity index (χ3n) is 2.94. The average Bonchev–Trinajstić information content (AvgIpc) is 2.44. The van der Waals surface area contributed by atoms with E-state index in [0.717, 1.165) is 6.26 Å². The van der Waals surface area contributed by atoms with Gasteiger partial charge in [0.1, 0.15) is 17.4 Å². The summed E-state index contributed by atoms with van der Waals surface area (Å²) in [4.78, 5) is 24.3. The number of rotatable bonds is 7. The van der Waals surface area contributed by atoms with Crippen molar-refractivity contribution in [1.82, 2.24) is 5.32 Å². The monoisotopic (exact) mass is 401 g/mol. The lowest BCUT2D eigenvalue weighted by Crippen LogP contribution is -2.46. The highest BCUT2D eigenvalue weighted by Gasteiger charge is 2.26. The molecule has 9 heteroatoms. The summed E-state index contributed by atoms with van der Waals surface area (Å²) in [6.07, 6.45) is 0.0179. The minimum Gasteiger partial charge on any atom is -0.461 e. The lowest BCUT2D eigenvalue weighted by molar-refractivity contribution is -0.149. The fourth-order valence-corrected chi connectivity index (χ4v) is 2.51. The zero-order valence-corrected chi connectivity index (χ0v) is 17.3. The maximum absolute atomic E-state index is 12.3. The van der Waals surface area contributed by atoms with E-state index >= 15 is 0 Å². The van der Waals surface area contributed by atoms with Crippen LogP contribution in [-0.2, 0) is 30.8 Å². The molecule has 0 heterocycles. The van der Waals surface area contributed by atoms with Crippen LogP contribution >= 0.6 is 0 Å². The highest BCUT2D eigenvalue weighted by Crippen LogP contribution is 2.16. The molecule has 0 spiro atoms. The second-order valence-electron chi connectivity index (χ2n) is 7.32. The van der Waals surface area contributed by atoms with Crippen molar-refractivity contribution in [2.45, 2.75) is 58.8 Å². The van der Waals surface area contributed by atoms with E-state index in [1.54, 1.807) is 46.8 Å². The molecule has 152 valence electrons. The van der Waals surface area contributed by atoms with Crippen molar-refractivity contribution >= 4 is 22.2 Å². The largest absolute Gasteiger partial charge is 0.461 e. The van der Waals surface area contributed by atoms with Crippen molar-refractivity contribution < 1.29 is 31.7 Å². The van der Waals surface area contributed by atoms with Gasteiger partial charge in [0, 0.05) is 6.42 Å². The van der Waals surface area contributed by atoms with E-state index in [1.165, 1.54) is 12.1 Å². The zero-order chi connectivity index (χ0) is 20.8. The summed E-state index contributed by atoms with van der Waals surface area (Å²) in [6, 6.07) is 5.19. The van der Waals surface area contributed by atoms with Gasteiger partial charge in [-0.25, -0.2) is 9.59 Å². The van der Waals surface area contributed by atoms with Crippen molar-refractivity contribution in [3.63, 3.8) is 0 Å². The molecular weight excluding hydrogens is 374 g/mol. The van der Waals surface area contributed by atoms with Gasteiger partial charge in [-0.3, -0.25) is 0 Å². The fraction of sp³-hybridized carbons (Fsp3) is 0.556. The predicted octanol–water partition coefficient (Wildman–Crippen LogP) is 2.41. The highest BCUT2D eigenvalue weighted by molar-refractivity contribution is 7.86. The van der Waals surface area contributed by atoms with Gasteiger partial charge >= 0.3 is 22.2 Å². The fourth-order valence-electron chi connectivity index (χ4n) is 2.05. The van der Waals surface area contributed by atoms with Crippen molar-refractivity contribution in [3.8, 4) is 5.75 Å². The summed E-state index contributed by atoms with van der Waals surface area (Å²) in [5.74, 6) is -0.435. The maximum Gasteiger partial charge on any atom is 0.408 e. The molecule has 27 heavy (non-hydrogen) atoms. The minimum atomic E-state index is -3.62. The van der Waals surface area contributed by atoms with Gasteiger partial charge in [0.05, 0.1) is 12.4 Å². The Balaban J connectivity index is 2.89. The highest BCUT2D eigenvalue weighted by atomic mass is 32.2. The van der Waals surface area contributed by atoms with Crippen LogP contribution in [0.15, 0.2) is 24.3 Å². The Bertz CT molecular complexity index is 749. The molecule has 1 N–H and O–H groups in total. The molecule has 0 fully saturated rings. The zero-order valence-electron chi connectivity index (χ0n) is 16.4. The van der Waals surface area contributed by atoms with E-state index < -0.39 is 33.8 Å². The Labute approximate surface area is 160 Å². The Morgan fingerprint density at radius 3 is 2.11 bits per heavy atom. The number of nitrogens with one attached hydrogen (secondary N) is 1. The number of carbonyl (C=O) groups excluding carboxylic acids is 2. The molecular formula is C18H27NO7S. The van der Waals surface area contributed by atoms with Gasteiger partial charge in [-0.15, -0.1) is 0 Å². The summed E-state index contributed by atoms with van der Waals surface area (Å²) < 4.78 is 37.4. The Morgan fingerprint density at radius 2 is 1.67 bits per heavy atom. The lowest BCUT2D eigenvalue weighted by Gasteiger charge is -2.23. The van der Waals surface area contributed by atoms with Crippen LogP contribution in [0.4, 0.5) is 4.79 Å². The minimum absolute atomic E-state index is 0.143. The van der Waals surface area contributed by atoms with Gasteiger partial charge in [-0.2, -0.15) is 8.42 Å². The molecule has 0 aromatic heterocycles. The topological polar surface area (TPSA) is 108 Å². The van der Waals surface area contributed by atoms with Crippen molar-refractivity contribution in [2.75, 3.05) is 6.26 Å². The molecule has 1 amide bonds. The van der Waals surface area contributed by atoms with Crippen LogP contribution in [0, 0.1) is 0 Å². The summed E-state index contributed by atoms with van der Waals surface area (Å²) >= 11 is 0. The van der Waals surface area contributed by atoms with Crippen LogP contribution in [0.2, 0.25) is 0 Å². The van der Waals surface area contributed by atoms with Gasteiger partial charge in [0.15, 0.2) is 0 Å². The Hall–Kier alpha value is -2.29. The predicted molar refractivity (Wildman–Crippen MR) is 100 cm³/mol. The molecule has 1 aromatic rings. The van der Waals surface area contributed by atoms with Gasteiger partial charge in [-0.05, 0) is 52.3 Å². The average molecular weight is 401 g/mol. The SMILES string of the molecule is CC(C)OC(=O)C(Cc1ccc(OS(C)(=O)=O)cc1)NC(=O)OC(C)(C)C. The number of alkyl carbamates (subject to hydrolysis) is 1. The van der Waals surface area contributed by atoms with Crippen LogP contribution in [0.25, 0.3) is 0 Å². The van der Waals surface area contributed by atoms with E-state index in [4.69, 9.17) is 13.7 Å². The van der Waals surface area contributed by atoms with Gasteiger partial charge < -0.3 is 19.0 Å². The number of amides is 1. The summed E-state index contributed by atoms with van der Waals surface area (Å²) in [7, 11) is -3.62. The molecule has 1 rings (SSSR count). The van der Waals surface area contributed by atoms with Gasteiger partial charge in [-0.1, -0.05) is 12.1 Å². The molecule has 8 nitrogen and oxygen atoms in total. The van der Waals surface area contributed by atoms with Crippen LogP contribution in [0.5, 0.6) is 5.75 Å². The van der Waals surface area contributed by atoms with Crippen LogP contribution < -0.4 is 9.50 Å². The summed E-state index contributed by atoms with van der Waals surface area (Å²) in [5, 5.41) is 2.52. The number of hydrogen-bond acceptors (Lipinski definition) is 7. The Morgan fingerprint density at radius 1 is 1.11 bits per heavy atom. The molecule has 0 saturated heterocycles. The van der Waals surface area contributed by atoms with Gasteiger partial charge in [0.25, 0.3) is 0 Å². The number of carbonyl (C=O) groups is 2. The molecule has 1 aromatic carbocycles. The number of ether oxygens (including phenoxy) is 2. The quantitative estimate of drug-likeness (QED) is 0.552. The molecule has 0 aliphatic heterocycles. The first-order valence-electron chi connectivity index (χ1n) is 8.43. The molecule has 0 aliphatic carbocycles. The third-order valence-corrected chi connectivity index (χ3v) is 3.43. The third kappa shape index (κ3) is 9.83. The summed E-state index contributed by atoms with van der Waals surface area (Å²) in [5.41, 5.74) is -0.0288. The standard InChI is InChI=1S/C18H27NO7S/c1-12(2)24-16(20)15(19-17(21)25-18(3,4)5)11-13-7-9-14(10-8-13)26-27(6,22)23/h7-10,12,15H,11H2,1-6H3,(H,19,21). The van der Waals surface area contributed by atoms with Gasteiger partial charge in [0.2, 0.25) is 0 Å². The first-order chi connectivity index (χ1) is 12.2. The van der Waals surface area contributed by atoms with Crippen molar-refractivity contribution in [1.29, 1.82) is 0 Å². The molecule has 1 unspecified atom stereocenters. The lowest BCUT2D eigenvalue weighted by atomic mass is 10.1. The van der Waals surface area contributed by atoms with E-state index in [2.05, 4.69) is 5.32 Å². The number of hydrogen-bond donors (Lipinski definition) is 1. The molecule has 0 radical (unpaired) electrons. The van der Waals surface area contributed by atoms with Crippen LogP contribution in [-0.4, -0.2) is 44.5 Å². The second kappa shape index (κ2) is 9.07. The van der Waals surface area contributed by atoms with E-state index in [0.29, 0.717) is 5.56 Å². The second-order valence-corrected chi connectivity index (χ2v) is 8.89.